The minimum Gasteiger partial charge on any atom is -0.338 e. The molecule has 5 nitrogen and oxygen atoms in total. The molecule has 29 heavy (non-hydrogen) atoms. The van der Waals surface area contributed by atoms with Crippen molar-refractivity contribution in [2.24, 2.45) is 0 Å². The van der Waals surface area contributed by atoms with Crippen molar-refractivity contribution in [3.63, 3.8) is 0 Å². The molecule has 3 aromatic rings. The summed E-state index contributed by atoms with van der Waals surface area (Å²) in [6, 6.07) is 18.1. The average molecular weight is 410 g/mol. The second kappa shape index (κ2) is 9.27. The second-order valence-corrected chi connectivity index (χ2v) is 8.99. The molecule has 0 bridgehead atoms. The minimum absolute atomic E-state index is 0.102. The van der Waals surface area contributed by atoms with E-state index in [4.69, 9.17) is 4.52 Å². The van der Waals surface area contributed by atoms with Gasteiger partial charge in [0.1, 0.15) is 0 Å². The van der Waals surface area contributed by atoms with Crippen LogP contribution in [0.25, 0.3) is 11.4 Å². The molecule has 6 heteroatoms. The third-order valence-electron chi connectivity index (χ3n) is 4.52. The summed E-state index contributed by atoms with van der Waals surface area (Å²) >= 11 is 1.49. The van der Waals surface area contributed by atoms with Gasteiger partial charge in [-0.3, -0.25) is 4.79 Å². The van der Waals surface area contributed by atoms with Gasteiger partial charge in [-0.05, 0) is 33.3 Å². The van der Waals surface area contributed by atoms with E-state index in [0.717, 1.165) is 11.1 Å². The van der Waals surface area contributed by atoms with Crippen molar-refractivity contribution >= 4 is 17.7 Å². The van der Waals surface area contributed by atoms with Gasteiger partial charge in [-0.2, -0.15) is 4.98 Å². The van der Waals surface area contributed by atoms with Crippen LogP contribution in [0.5, 0.6) is 0 Å². The first-order chi connectivity index (χ1) is 13.8. The van der Waals surface area contributed by atoms with Crippen molar-refractivity contribution in [3.05, 3.63) is 71.6 Å². The highest BCUT2D eigenvalue weighted by molar-refractivity contribution is 7.99. The zero-order chi connectivity index (χ0) is 20.9. The number of thioether (sulfide) groups is 1. The molecule has 0 spiro atoms. The fourth-order valence-electron chi connectivity index (χ4n) is 2.90. The Kier molecular flexibility index (Phi) is 6.75. The lowest BCUT2D eigenvalue weighted by atomic mass is 10.0. The van der Waals surface area contributed by atoms with E-state index in [0.29, 0.717) is 29.8 Å². The molecule has 0 aliphatic heterocycles. The number of hydrogen-bond donors (Lipinski definition) is 0. The van der Waals surface area contributed by atoms with Gasteiger partial charge in [0.15, 0.2) is 0 Å². The van der Waals surface area contributed by atoms with Crippen molar-refractivity contribution in [3.8, 4) is 11.4 Å². The maximum Gasteiger partial charge on any atom is 0.236 e. The van der Waals surface area contributed by atoms with Crippen LogP contribution in [0.15, 0.2) is 59.1 Å². The molecule has 3 rings (SSSR count). The van der Waals surface area contributed by atoms with Crippen LogP contribution in [0.1, 0.15) is 37.8 Å². The molecule has 1 aromatic heterocycles. The van der Waals surface area contributed by atoms with Crippen LogP contribution in [0.3, 0.4) is 0 Å². The summed E-state index contributed by atoms with van der Waals surface area (Å²) in [5.74, 6) is 2.08. The van der Waals surface area contributed by atoms with Crippen molar-refractivity contribution < 1.29 is 9.32 Å². The molecule has 0 atom stereocenters. The molecule has 0 saturated carbocycles. The van der Waals surface area contributed by atoms with Gasteiger partial charge in [0, 0.05) is 17.6 Å². The first-order valence-corrected chi connectivity index (χ1v) is 10.8. The molecular weight excluding hydrogens is 382 g/mol. The van der Waals surface area contributed by atoms with Crippen LogP contribution in [-0.2, 0) is 17.1 Å². The number of carbonyl (C=O) groups excluding carboxylic acids is 1. The van der Waals surface area contributed by atoms with Gasteiger partial charge in [0.25, 0.3) is 0 Å². The molecule has 0 saturated heterocycles. The third kappa shape index (κ3) is 5.94. The lowest BCUT2D eigenvalue weighted by Crippen LogP contribution is -2.45. The zero-order valence-electron chi connectivity index (χ0n) is 17.4. The Morgan fingerprint density at radius 2 is 1.76 bits per heavy atom. The lowest BCUT2D eigenvalue weighted by Gasteiger charge is -2.36. The van der Waals surface area contributed by atoms with Crippen LogP contribution >= 0.6 is 11.8 Å². The monoisotopic (exact) mass is 409 g/mol. The van der Waals surface area contributed by atoms with E-state index >= 15 is 0 Å². The predicted molar refractivity (Wildman–Crippen MR) is 117 cm³/mol. The highest BCUT2D eigenvalue weighted by Gasteiger charge is 2.26. The van der Waals surface area contributed by atoms with E-state index < -0.39 is 0 Å². The number of rotatable bonds is 7. The smallest absolute Gasteiger partial charge is 0.236 e. The summed E-state index contributed by atoms with van der Waals surface area (Å²) in [4.78, 5) is 19.2. The Hall–Kier alpha value is -2.60. The maximum atomic E-state index is 12.9. The van der Waals surface area contributed by atoms with Crippen LogP contribution in [0, 0.1) is 6.92 Å². The number of nitrogens with zero attached hydrogens (tertiary/aromatic N) is 3. The predicted octanol–water partition coefficient (Wildman–Crippen LogP) is 5.11. The van der Waals surface area contributed by atoms with Crippen molar-refractivity contribution in [1.29, 1.82) is 0 Å². The average Bonchev–Trinajstić information content (AvgIpc) is 3.15. The van der Waals surface area contributed by atoms with Crippen molar-refractivity contribution in [2.75, 3.05) is 5.75 Å². The number of aromatic nitrogens is 2. The van der Waals surface area contributed by atoms with E-state index in [1.54, 1.807) is 0 Å². The van der Waals surface area contributed by atoms with Gasteiger partial charge >= 0.3 is 0 Å². The summed E-state index contributed by atoms with van der Waals surface area (Å²) in [5, 5.41) is 4.05. The number of hydrogen-bond acceptors (Lipinski definition) is 5. The third-order valence-corrected chi connectivity index (χ3v) is 5.43. The molecule has 0 radical (unpaired) electrons. The van der Waals surface area contributed by atoms with Crippen LogP contribution in [0.4, 0.5) is 0 Å². The standard InChI is InChI=1S/C23H27N3O2S/c1-17-10-12-19(13-11-17)22-24-20(28-25-22)15-29-16-21(27)26(23(2,3)4)14-18-8-6-5-7-9-18/h5-13H,14-16H2,1-4H3. The number of amides is 1. The van der Waals surface area contributed by atoms with Crippen molar-refractivity contribution in [2.45, 2.75) is 45.5 Å². The minimum atomic E-state index is -0.253. The van der Waals surface area contributed by atoms with Gasteiger partial charge < -0.3 is 9.42 Å². The lowest BCUT2D eigenvalue weighted by molar-refractivity contribution is -0.133. The second-order valence-electron chi connectivity index (χ2n) is 8.01. The highest BCUT2D eigenvalue weighted by Crippen LogP contribution is 2.22. The Morgan fingerprint density at radius 3 is 2.41 bits per heavy atom. The van der Waals surface area contributed by atoms with E-state index in [1.807, 2.05) is 66.4 Å². The zero-order valence-corrected chi connectivity index (χ0v) is 18.2. The van der Waals surface area contributed by atoms with Crippen LogP contribution in [0.2, 0.25) is 0 Å². The molecule has 0 aliphatic carbocycles. The summed E-state index contributed by atoms with van der Waals surface area (Å²) in [7, 11) is 0. The molecule has 2 aromatic carbocycles. The Labute approximate surface area is 176 Å². The summed E-state index contributed by atoms with van der Waals surface area (Å²) in [6.45, 7) is 8.82. The molecule has 1 amide bonds. The van der Waals surface area contributed by atoms with Crippen LogP contribution < -0.4 is 0 Å². The molecule has 1 heterocycles. The quantitative estimate of drug-likeness (QED) is 0.543. The van der Waals surface area contributed by atoms with E-state index in [-0.39, 0.29) is 11.4 Å². The Morgan fingerprint density at radius 1 is 1.07 bits per heavy atom. The van der Waals surface area contributed by atoms with Gasteiger partial charge in [0.2, 0.25) is 17.6 Å². The largest absolute Gasteiger partial charge is 0.338 e. The topological polar surface area (TPSA) is 59.2 Å². The summed E-state index contributed by atoms with van der Waals surface area (Å²) in [6.07, 6.45) is 0. The fraction of sp³-hybridized carbons (Fsp3) is 0.348. The van der Waals surface area contributed by atoms with E-state index in [2.05, 4.69) is 30.9 Å². The SMILES string of the molecule is Cc1ccc(-c2noc(CSCC(=O)N(Cc3ccccc3)C(C)(C)C)n2)cc1. The van der Waals surface area contributed by atoms with Gasteiger partial charge in [-0.15, -0.1) is 11.8 Å². The van der Waals surface area contributed by atoms with Crippen molar-refractivity contribution in [1.82, 2.24) is 15.0 Å². The number of carbonyl (C=O) groups is 1. The number of benzene rings is 2. The van der Waals surface area contributed by atoms with Gasteiger partial charge in [0.05, 0.1) is 11.5 Å². The summed E-state index contributed by atoms with van der Waals surface area (Å²) < 4.78 is 5.35. The maximum absolute atomic E-state index is 12.9. The van der Waals surface area contributed by atoms with Gasteiger partial charge in [-0.25, -0.2) is 0 Å². The van der Waals surface area contributed by atoms with Crippen LogP contribution in [-0.4, -0.2) is 32.2 Å². The van der Waals surface area contributed by atoms with E-state index in [1.165, 1.54) is 17.3 Å². The molecule has 0 aliphatic rings. The molecule has 0 fully saturated rings. The Balaban J connectivity index is 1.57. The highest BCUT2D eigenvalue weighted by atomic mass is 32.2. The van der Waals surface area contributed by atoms with E-state index in [9.17, 15) is 4.79 Å². The molecule has 152 valence electrons. The Bertz CT molecular complexity index is 931. The first kappa shape index (κ1) is 21.1. The summed E-state index contributed by atoms with van der Waals surface area (Å²) in [5.41, 5.74) is 2.98. The van der Waals surface area contributed by atoms with Gasteiger partial charge in [-0.1, -0.05) is 65.3 Å². The molecular formula is C23H27N3O2S. The first-order valence-electron chi connectivity index (χ1n) is 9.65. The molecule has 0 N–H and O–H groups in total. The number of aryl methyl sites for hydroxylation is 1. The fourth-order valence-corrected chi connectivity index (χ4v) is 3.63. The molecule has 0 unspecified atom stereocenters. The normalized spacial score (nSPS) is 11.4.